The van der Waals surface area contributed by atoms with Crippen molar-refractivity contribution in [3.8, 4) is 0 Å². The molecule has 0 radical (unpaired) electrons. The summed E-state index contributed by atoms with van der Waals surface area (Å²) in [6.45, 7) is 4.88. The summed E-state index contributed by atoms with van der Waals surface area (Å²) in [5.74, 6) is 0.563. The largest absolute Gasteiger partial charge is 0.342 e. The van der Waals surface area contributed by atoms with Crippen LogP contribution in [0.4, 0.5) is 11.5 Å². The van der Waals surface area contributed by atoms with Crippen LogP contribution in [-0.2, 0) is 29.0 Å². The topological polar surface area (TPSA) is 111 Å². The van der Waals surface area contributed by atoms with E-state index in [9.17, 15) is 19.2 Å². The number of nitrogens with one attached hydrogen (secondary N) is 2. The Morgan fingerprint density at radius 1 is 0.838 bits per heavy atom. The summed E-state index contributed by atoms with van der Waals surface area (Å²) >= 11 is 0. The first-order chi connectivity index (χ1) is 18.0. The molecule has 37 heavy (non-hydrogen) atoms. The third-order valence-corrected chi connectivity index (χ3v) is 7.71. The minimum atomic E-state index is -0.486. The number of rotatable bonds is 8. The van der Waals surface area contributed by atoms with Crippen molar-refractivity contribution in [3.05, 3.63) is 56.2 Å². The summed E-state index contributed by atoms with van der Waals surface area (Å²) in [4.78, 5) is 58.8. The number of piperazine rings is 1. The third kappa shape index (κ3) is 6.12. The second-order valence-electron chi connectivity index (χ2n) is 10.3. The van der Waals surface area contributed by atoms with Crippen LogP contribution in [0.1, 0.15) is 43.2 Å². The molecule has 10 heteroatoms. The number of hydrogen-bond acceptors (Lipinski definition) is 6. The first-order valence-electron chi connectivity index (χ1n) is 13.5. The maximum absolute atomic E-state index is 12.7. The van der Waals surface area contributed by atoms with E-state index < -0.39 is 11.2 Å². The van der Waals surface area contributed by atoms with Crippen molar-refractivity contribution in [3.63, 3.8) is 0 Å². The van der Waals surface area contributed by atoms with Gasteiger partial charge in [0.15, 0.2) is 0 Å². The van der Waals surface area contributed by atoms with Crippen molar-refractivity contribution in [2.45, 2.75) is 51.5 Å². The van der Waals surface area contributed by atoms with Crippen LogP contribution in [0.25, 0.3) is 0 Å². The second kappa shape index (κ2) is 11.3. The van der Waals surface area contributed by atoms with Crippen molar-refractivity contribution in [1.82, 2.24) is 24.3 Å². The zero-order chi connectivity index (χ0) is 25.8. The first-order valence-corrected chi connectivity index (χ1v) is 13.5. The molecule has 10 nitrogen and oxygen atoms in total. The molecule has 2 saturated heterocycles. The van der Waals surface area contributed by atoms with E-state index in [1.165, 1.54) is 17.2 Å². The van der Waals surface area contributed by atoms with Crippen LogP contribution in [0.3, 0.4) is 0 Å². The first kappa shape index (κ1) is 25.3. The number of amides is 2. The highest BCUT2D eigenvalue weighted by Gasteiger charge is 2.25. The van der Waals surface area contributed by atoms with E-state index >= 15 is 0 Å². The lowest BCUT2D eigenvalue weighted by Crippen LogP contribution is -2.51. The summed E-state index contributed by atoms with van der Waals surface area (Å²) in [6, 6.07) is 7.52. The molecule has 2 N–H and O–H groups in total. The Bertz CT molecular complexity index is 1220. The molecule has 0 atom stereocenters. The van der Waals surface area contributed by atoms with Gasteiger partial charge in [0, 0.05) is 64.0 Å². The van der Waals surface area contributed by atoms with Crippen LogP contribution >= 0.6 is 0 Å². The molecule has 1 aromatic carbocycles. The molecule has 2 amide bonds. The minimum absolute atomic E-state index is 0.0184. The fourth-order valence-corrected chi connectivity index (χ4v) is 5.56. The molecule has 2 aromatic rings. The number of carbonyl (C=O) groups excluding carboxylic acids is 2. The quantitative estimate of drug-likeness (QED) is 0.557. The zero-order valence-electron chi connectivity index (χ0n) is 21.3. The van der Waals surface area contributed by atoms with Crippen LogP contribution in [0.2, 0.25) is 0 Å². The van der Waals surface area contributed by atoms with E-state index in [1.807, 2.05) is 15.9 Å². The molecule has 2 fully saturated rings. The summed E-state index contributed by atoms with van der Waals surface area (Å²) in [5.41, 5.74) is 2.64. The lowest BCUT2D eigenvalue weighted by molar-refractivity contribution is -0.134. The Balaban J connectivity index is 1.08. The number of aromatic amines is 1. The highest BCUT2D eigenvalue weighted by molar-refractivity contribution is 5.79. The van der Waals surface area contributed by atoms with Gasteiger partial charge in [0.25, 0.3) is 5.56 Å². The standard InChI is InChI=1S/C27H36N6O4/c34-24(32-15-13-30(14-16-32)19-26(36)31-10-1-2-11-31)7-4-12-33-25(35)18-23(29-27(33)37)28-22-9-8-20-5-3-6-21(20)17-22/h8-9,17-18,28H,1-7,10-16,19H2,(H,29,37). The number of aryl methyl sites for hydroxylation is 2. The average Bonchev–Trinajstić information content (AvgIpc) is 3.58. The summed E-state index contributed by atoms with van der Waals surface area (Å²) < 4.78 is 1.14. The summed E-state index contributed by atoms with van der Waals surface area (Å²) in [6.07, 6.45) is 6.16. The molecule has 5 rings (SSSR count). The van der Waals surface area contributed by atoms with E-state index in [2.05, 4.69) is 27.3 Å². The normalized spacial score (nSPS) is 17.7. The van der Waals surface area contributed by atoms with Crippen LogP contribution in [0.5, 0.6) is 0 Å². The molecule has 0 bridgehead atoms. The predicted molar refractivity (Wildman–Crippen MR) is 141 cm³/mol. The Labute approximate surface area is 216 Å². The molecule has 0 spiro atoms. The van der Waals surface area contributed by atoms with E-state index in [1.54, 1.807) is 0 Å². The fourth-order valence-electron chi connectivity index (χ4n) is 5.56. The van der Waals surface area contributed by atoms with E-state index in [0.29, 0.717) is 45.0 Å². The van der Waals surface area contributed by atoms with Crippen LogP contribution < -0.4 is 16.6 Å². The molecule has 0 saturated carbocycles. The molecule has 1 aliphatic carbocycles. The van der Waals surface area contributed by atoms with E-state index in [-0.39, 0.29) is 24.8 Å². The van der Waals surface area contributed by atoms with Crippen molar-refractivity contribution in [2.24, 2.45) is 0 Å². The van der Waals surface area contributed by atoms with Gasteiger partial charge in [0.05, 0.1) is 6.54 Å². The van der Waals surface area contributed by atoms with Gasteiger partial charge < -0.3 is 15.1 Å². The summed E-state index contributed by atoms with van der Waals surface area (Å²) in [5, 5.41) is 3.13. The van der Waals surface area contributed by atoms with Crippen LogP contribution in [0.15, 0.2) is 33.9 Å². The molecule has 198 valence electrons. The second-order valence-corrected chi connectivity index (χ2v) is 10.3. The zero-order valence-corrected chi connectivity index (χ0v) is 21.3. The Hall–Kier alpha value is -3.40. The number of fused-ring (bicyclic) bond motifs is 1. The lowest BCUT2D eigenvalue weighted by Gasteiger charge is -2.35. The Kier molecular flexibility index (Phi) is 7.73. The molecular formula is C27H36N6O4. The SMILES string of the molecule is O=C(CCCn1c(=O)cc(Nc2ccc3c(c2)CCC3)[nH]c1=O)N1CCN(CC(=O)N2CCCC2)CC1. The number of H-pyrrole nitrogens is 1. The number of anilines is 2. The van der Waals surface area contributed by atoms with E-state index in [4.69, 9.17) is 0 Å². The molecule has 1 aromatic heterocycles. The van der Waals surface area contributed by atoms with Gasteiger partial charge in [-0.3, -0.25) is 28.8 Å². The monoisotopic (exact) mass is 508 g/mol. The van der Waals surface area contributed by atoms with E-state index in [0.717, 1.165) is 55.4 Å². The van der Waals surface area contributed by atoms with Gasteiger partial charge in [0.2, 0.25) is 11.8 Å². The van der Waals surface area contributed by atoms with Crippen molar-refractivity contribution in [1.29, 1.82) is 0 Å². The van der Waals surface area contributed by atoms with Gasteiger partial charge in [-0.1, -0.05) is 6.07 Å². The smallest absolute Gasteiger partial charge is 0.329 e. The van der Waals surface area contributed by atoms with Crippen LogP contribution in [0, 0.1) is 0 Å². The highest BCUT2D eigenvalue weighted by atomic mass is 16.2. The maximum atomic E-state index is 12.7. The highest BCUT2D eigenvalue weighted by Crippen LogP contribution is 2.25. The van der Waals surface area contributed by atoms with Gasteiger partial charge in [0.1, 0.15) is 5.82 Å². The molecule has 2 aliphatic heterocycles. The number of likely N-dealkylation sites (tertiary alicyclic amines) is 1. The molecule has 0 unspecified atom stereocenters. The van der Waals surface area contributed by atoms with Gasteiger partial charge in [-0.15, -0.1) is 0 Å². The number of carbonyl (C=O) groups is 2. The van der Waals surface area contributed by atoms with Crippen LogP contribution in [-0.4, -0.2) is 81.9 Å². The Morgan fingerprint density at radius 2 is 1.57 bits per heavy atom. The fraction of sp³-hybridized carbons (Fsp3) is 0.556. The minimum Gasteiger partial charge on any atom is -0.342 e. The summed E-state index contributed by atoms with van der Waals surface area (Å²) in [7, 11) is 0. The van der Waals surface area contributed by atoms with Crippen molar-refractivity contribution in [2.75, 3.05) is 51.1 Å². The maximum Gasteiger partial charge on any atom is 0.329 e. The van der Waals surface area contributed by atoms with Gasteiger partial charge in [-0.2, -0.15) is 0 Å². The molecule has 3 heterocycles. The van der Waals surface area contributed by atoms with Gasteiger partial charge in [-0.25, -0.2) is 4.79 Å². The predicted octanol–water partition coefficient (Wildman–Crippen LogP) is 1.32. The number of nitrogens with zero attached hydrogens (tertiary/aromatic N) is 4. The molecular weight excluding hydrogens is 472 g/mol. The van der Waals surface area contributed by atoms with Gasteiger partial charge in [-0.05, 0) is 61.8 Å². The lowest BCUT2D eigenvalue weighted by atomic mass is 10.1. The Morgan fingerprint density at radius 3 is 2.32 bits per heavy atom. The molecule has 3 aliphatic rings. The third-order valence-electron chi connectivity index (χ3n) is 7.71. The number of aromatic nitrogens is 2. The van der Waals surface area contributed by atoms with Crippen molar-refractivity contribution < 1.29 is 9.59 Å². The average molecular weight is 509 g/mol. The number of hydrogen-bond donors (Lipinski definition) is 2. The number of benzene rings is 1. The van der Waals surface area contributed by atoms with Crippen molar-refractivity contribution >= 4 is 23.3 Å². The van der Waals surface area contributed by atoms with Gasteiger partial charge >= 0.3 is 5.69 Å².